The minimum absolute atomic E-state index is 0.0591. The zero-order valence-corrected chi connectivity index (χ0v) is 16.4. The molecule has 2 rings (SSSR count). The van der Waals surface area contributed by atoms with Crippen molar-refractivity contribution in [1.29, 1.82) is 0 Å². The summed E-state index contributed by atoms with van der Waals surface area (Å²) in [7, 11) is -2.20. The summed E-state index contributed by atoms with van der Waals surface area (Å²) in [6.45, 7) is 3.01. The lowest BCUT2D eigenvalue weighted by atomic mass is 10.0. The van der Waals surface area contributed by atoms with Gasteiger partial charge in [0.2, 0.25) is 10.0 Å². The maximum Gasteiger partial charge on any atom is 0.342 e. The Labute approximate surface area is 168 Å². The summed E-state index contributed by atoms with van der Waals surface area (Å²) in [4.78, 5) is 12.5. The zero-order valence-electron chi connectivity index (χ0n) is 15.6. The second-order valence-corrected chi connectivity index (χ2v) is 7.49. The highest BCUT2D eigenvalue weighted by Crippen LogP contribution is 2.29. The summed E-state index contributed by atoms with van der Waals surface area (Å²) in [6.07, 6.45) is 2.90. The lowest BCUT2D eigenvalue weighted by Gasteiger charge is -2.11. The smallest absolute Gasteiger partial charge is 0.342 e. The zero-order chi connectivity index (χ0) is 21.4. The van der Waals surface area contributed by atoms with Crippen LogP contribution >= 0.6 is 0 Å². The van der Waals surface area contributed by atoms with Crippen molar-refractivity contribution >= 4 is 22.1 Å². The summed E-state index contributed by atoms with van der Waals surface area (Å²) in [5, 5.41) is 11.0. The van der Waals surface area contributed by atoms with Gasteiger partial charge >= 0.3 is 5.97 Å². The highest BCUT2D eigenvalue weighted by molar-refractivity contribution is 7.92. The third kappa shape index (κ3) is 6.44. The minimum atomic E-state index is -3.59. The van der Waals surface area contributed by atoms with Gasteiger partial charge in [0.15, 0.2) is 0 Å². The quantitative estimate of drug-likeness (QED) is 0.604. The number of aromatic hydroxyl groups is 1. The van der Waals surface area contributed by atoms with Crippen molar-refractivity contribution in [2.75, 3.05) is 13.7 Å². The topological polar surface area (TPSA) is 102 Å². The van der Waals surface area contributed by atoms with E-state index >= 15 is 0 Å². The molecular weight excluding hydrogens is 401 g/mol. The van der Waals surface area contributed by atoms with Crippen LogP contribution in [0, 0.1) is 5.82 Å². The molecule has 0 atom stereocenters. The van der Waals surface area contributed by atoms with Crippen molar-refractivity contribution in [2.24, 2.45) is 0 Å². The lowest BCUT2D eigenvalue weighted by Crippen LogP contribution is -2.20. The van der Waals surface area contributed by atoms with Gasteiger partial charge < -0.3 is 14.6 Å². The highest BCUT2D eigenvalue weighted by atomic mass is 32.2. The number of rotatable bonds is 9. The van der Waals surface area contributed by atoms with E-state index in [-0.39, 0.29) is 30.0 Å². The van der Waals surface area contributed by atoms with E-state index in [1.165, 1.54) is 55.7 Å². The maximum absolute atomic E-state index is 13.0. The average Bonchev–Trinajstić information content (AvgIpc) is 2.70. The molecule has 7 nitrogen and oxygen atoms in total. The number of carbonyl (C=O) groups excluding carboxylic acids is 1. The Kier molecular flexibility index (Phi) is 7.52. The molecule has 154 valence electrons. The van der Waals surface area contributed by atoms with E-state index in [0.29, 0.717) is 11.3 Å². The van der Waals surface area contributed by atoms with Gasteiger partial charge in [0, 0.05) is 18.0 Å². The minimum Gasteiger partial charge on any atom is -0.507 e. The average molecular weight is 421 g/mol. The summed E-state index contributed by atoms with van der Waals surface area (Å²) < 4.78 is 48.2. The maximum atomic E-state index is 13.0. The first kappa shape index (κ1) is 22.1. The van der Waals surface area contributed by atoms with E-state index in [1.807, 2.05) is 0 Å². The van der Waals surface area contributed by atoms with Crippen LogP contribution in [0.4, 0.5) is 4.39 Å². The van der Waals surface area contributed by atoms with Crippen molar-refractivity contribution in [3.8, 4) is 11.5 Å². The number of hydrogen-bond acceptors (Lipinski definition) is 6. The van der Waals surface area contributed by atoms with E-state index in [2.05, 4.69) is 11.3 Å². The number of carbonyl (C=O) groups is 1. The number of ether oxygens (including phenoxy) is 2. The molecule has 0 fully saturated rings. The van der Waals surface area contributed by atoms with Gasteiger partial charge in [0.05, 0.1) is 7.11 Å². The first-order valence-electron chi connectivity index (χ1n) is 8.37. The van der Waals surface area contributed by atoms with Gasteiger partial charge in [-0.2, -0.15) is 0 Å². The molecule has 0 bridgehead atoms. The summed E-state index contributed by atoms with van der Waals surface area (Å²) in [5.74, 6) is -1.28. The van der Waals surface area contributed by atoms with Crippen LogP contribution in [0.25, 0.3) is 6.08 Å². The van der Waals surface area contributed by atoms with E-state index in [1.54, 1.807) is 0 Å². The van der Waals surface area contributed by atoms with Crippen LogP contribution in [-0.2, 0) is 21.4 Å². The van der Waals surface area contributed by atoms with Crippen molar-refractivity contribution in [1.82, 2.24) is 4.72 Å². The molecule has 0 aliphatic rings. The van der Waals surface area contributed by atoms with Crippen LogP contribution in [0.15, 0.2) is 54.5 Å². The molecule has 0 saturated carbocycles. The molecule has 9 heteroatoms. The first-order valence-corrected chi connectivity index (χ1v) is 9.91. The number of phenolic OH excluding ortho intramolecular Hbond substituents is 1. The predicted molar refractivity (Wildman–Crippen MR) is 106 cm³/mol. The highest BCUT2D eigenvalue weighted by Gasteiger charge is 2.19. The first-order chi connectivity index (χ1) is 13.8. The van der Waals surface area contributed by atoms with Gasteiger partial charge in [-0.15, -0.1) is 0 Å². The Balaban J connectivity index is 2.21. The number of hydrogen-bond donors (Lipinski definition) is 2. The summed E-state index contributed by atoms with van der Waals surface area (Å²) >= 11 is 0. The van der Waals surface area contributed by atoms with E-state index in [0.717, 1.165) is 5.41 Å². The Bertz CT molecular complexity index is 1020. The fourth-order valence-corrected chi connectivity index (χ4v) is 2.75. The van der Waals surface area contributed by atoms with Crippen LogP contribution in [0.2, 0.25) is 0 Å². The predicted octanol–water partition coefficient (Wildman–Crippen LogP) is 2.97. The summed E-state index contributed by atoms with van der Waals surface area (Å²) in [5.41, 5.74) is 0.725. The van der Waals surface area contributed by atoms with Gasteiger partial charge in [0.25, 0.3) is 0 Å². The Morgan fingerprint density at radius 3 is 2.59 bits per heavy atom. The van der Waals surface area contributed by atoms with Gasteiger partial charge in [-0.05, 0) is 29.3 Å². The van der Waals surface area contributed by atoms with Crippen molar-refractivity contribution < 1.29 is 32.2 Å². The van der Waals surface area contributed by atoms with Crippen LogP contribution in [0.3, 0.4) is 0 Å². The standard InChI is InChI=1S/C20H20FNO6S/c1-3-29(25,26)22-10-4-5-15-11-17(27-2)12-18(23)19(15)20(24)28-13-14-6-8-16(21)9-7-14/h3-9,11-12,22-23H,1,10,13H2,2H3/b5-4+. The van der Waals surface area contributed by atoms with E-state index in [4.69, 9.17) is 9.47 Å². The Morgan fingerprint density at radius 1 is 1.28 bits per heavy atom. The number of nitrogens with one attached hydrogen (secondary N) is 1. The largest absolute Gasteiger partial charge is 0.507 e. The molecule has 2 aromatic rings. The molecule has 0 spiro atoms. The third-order valence-electron chi connectivity index (χ3n) is 3.76. The van der Waals surface area contributed by atoms with Crippen molar-refractivity contribution in [3.05, 3.63) is 77.0 Å². The fourth-order valence-electron chi connectivity index (χ4n) is 2.30. The molecule has 0 heterocycles. The Morgan fingerprint density at radius 2 is 1.97 bits per heavy atom. The normalized spacial score (nSPS) is 11.4. The molecule has 0 amide bonds. The molecule has 0 aliphatic carbocycles. The van der Waals surface area contributed by atoms with Gasteiger partial charge in [-0.25, -0.2) is 22.3 Å². The molecule has 29 heavy (non-hydrogen) atoms. The second kappa shape index (κ2) is 9.85. The van der Waals surface area contributed by atoms with Gasteiger partial charge in [-0.3, -0.25) is 0 Å². The molecular formula is C20H20FNO6S. The molecule has 0 aliphatic heterocycles. The second-order valence-electron chi connectivity index (χ2n) is 5.78. The number of phenols is 1. The number of halogens is 1. The Hall–Kier alpha value is -3.17. The van der Waals surface area contributed by atoms with Crippen LogP contribution < -0.4 is 9.46 Å². The van der Waals surface area contributed by atoms with Crippen LogP contribution in [-0.4, -0.2) is 33.1 Å². The van der Waals surface area contributed by atoms with Crippen molar-refractivity contribution in [2.45, 2.75) is 6.61 Å². The van der Waals surface area contributed by atoms with E-state index in [9.17, 15) is 22.7 Å². The SMILES string of the molecule is C=CS(=O)(=O)NC/C=C/c1cc(OC)cc(O)c1C(=O)OCc1ccc(F)cc1. The number of methoxy groups -OCH3 is 1. The molecule has 2 aromatic carbocycles. The number of sulfonamides is 1. The number of benzene rings is 2. The van der Waals surface area contributed by atoms with Crippen molar-refractivity contribution in [3.63, 3.8) is 0 Å². The molecule has 2 N–H and O–H groups in total. The fraction of sp³-hybridized carbons (Fsp3) is 0.150. The third-order valence-corrected chi connectivity index (χ3v) is 4.77. The lowest BCUT2D eigenvalue weighted by molar-refractivity contribution is 0.0469. The monoisotopic (exact) mass is 421 g/mol. The molecule has 0 unspecified atom stereocenters. The van der Waals surface area contributed by atoms with Gasteiger partial charge in [-0.1, -0.05) is 30.9 Å². The summed E-state index contributed by atoms with van der Waals surface area (Å²) in [6, 6.07) is 8.18. The number of esters is 1. The van der Waals surface area contributed by atoms with Crippen LogP contribution in [0.5, 0.6) is 11.5 Å². The molecule has 0 aromatic heterocycles. The molecule has 0 saturated heterocycles. The van der Waals surface area contributed by atoms with Gasteiger partial charge in [0.1, 0.15) is 29.5 Å². The molecule has 0 radical (unpaired) electrons. The van der Waals surface area contributed by atoms with E-state index < -0.39 is 21.8 Å². The van der Waals surface area contributed by atoms with Crippen LogP contribution in [0.1, 0.15) is 21.5 Å².